The number of aryl methyl sites for hydroxylation is 1. The molecule has 2 aromatic rings. The van der Waals surface area contributed by atoms with Gasteiger partial charge in [0.2, 0.25) is 10.0 Å². The number of fused-ring (bicyclic) bond motifs is 1. The zero-order chi connectivity index (χ0) is 16.7. The molecule has 1 N–H and O–H groups in total. The summed E-state index contributed by atoms with van der Waals surface area (Å²) in [6, 6.07) is 10.2. The molecule has 1 saturated carbocycles. The minimum absolute atomic E-state index is 0.0158. The number of aromatic nitrogens is 1. The van der Waals surface area contributed by atoms with E-state index in [4.69, 9.17) is 4.98 Å². The van der Waals surface area contributed by atoms with Gasteiger partial charge < -0.3 is 4.90 Å². The Hall–Kier alpha value is -1.66. The molecule has 2 heterocycles. The molecule has 128 valence electrons. The molecular weight excluding hydrogens is 322 g/mol. The number of benzene rings is 1. The second-order valence-corrected chi connectivity index (χ2v) is 8.95. The van der Waals surface area contributed by atoms with Gasteiger partial charge in [-0.15, -0.1) is 0 Å². The highest BCUT2D eigenvalue weighted by molar-refractivity contribution is 7.90. The zero-order valence-corrected chi connectivity index (χ0v) is 14.7. The van der Waals surface area contributed by atoms with Crippen LogP contribution in [0.15, 0.2) is 30.3 Å². The van der Waals surface area contributed by atoms with E-state index in [2.05, 4.69) is 28.7 Å². The summed E-state index contributed by atoms with van der Waals surface area (Å²) in [7, 11) is -3.13. The predicted molar refractivity (Wildman–Crippen MR) is 96.8 cm³/mol. The van der Waals surface area contributed by atoms with Gasteiger partial charge in [0.05, 0.1) is 10.8 Å². The molecule has 0 bridgehead atoms. The van der Waals surface area contributed by atoms with Crippen molar-refractivity contribution >= 4 is 26.7 Å². The largest absolute Gasteiger partial charge is 0.355 e. The highest BCUT2D eigenvalue weighted by Crippen LogP contribution is 2.29. The van der Waals surface area contributed by atoms with Gasteiger partial charge >= 0.3 is 0 Å². The van der Waals surface area contributed by atoms with E-state index in [0.29, 0.717) is 6.54 Å². The first-order chi connectivity index (χ1) is 11.5. The quantitative estimate of drug-likeness (QED) is 0.925. The van der Waals surface area contributed by atoms with Crippen molar-refractivity contribution in [3.63, 3.8) is 0 Å². The summed E-state index contributed by atoms with van der Waals surface area (Å²) in [6.45, 7) is 3.72. The molecule has 5 nitrogen and oxygen atoms in total. The summed E-state index contributed by atoms with van der Waals surface area (Å²) >= 11 is 0. The highest BCUT2D eigenvalue weighted by Gasteiger charge is 2.37. The molecule has 1 aromatic heterocycles. The summed E-state index contributed by atoms with van der Waals surface area (Å²) in [4.78, 5) is 7.00. The first kappa shape index (κ1) is 15.8. The van der Waals surface area contributed by atoms with E-state index in [1.165, 1.54) is 10.9 Å². The number of hydrogen-bond donors (Lipinski definition) is 1. The van der Waals surface area contributed by atoms with E-state index < -0.39 is 10.0 Å². The molecule has 2 aliphatic rings. The molecule has 4 rings (SSSR count). The van der Waals surface area contributed by atoms with Crippen molar-refractivity contribution in [2.75, 3.05) is 18.0 Å². The van der Waals surface area contributed by atoms with Crippen LogP contribution < -0.4 is 9.62 Å². The van der Waals surface area contributed by atoms with Crippen molar-refractivity contribution in [1.82, 2.24) is 9.71 Å². The average Bonchev–Trinajstić information content (AvgIpc) is 3.40. The molecule has 1 aromatic carbocycles. The average molecular weight is 345 g/mol. The lowest BCUT2D eigenvalue weighted by Gasteiger charge is -2.34. The zero-order valence-electron chi connectivity index (χ0n) is 13.9. The van der Waals surface area contributed by atoms with Crippen LogP contribution in [0.3, 0.4) is 0 Å². The number of sulfonamides is 1. The first-order valence-corrected chi connectivity index (χ1v) is 10.2. The topological polar surface area (TPSA) is 62.3 Å². The van der Waals surface area contributed by atoms with Crippen LogP contribution in [-0.4, -0.2) is 37.8 Å². The van der Waals surface area contributed by atoms with E-state index in [1.807, 2.05) is 18.2 Å². The lowest BCUT2D eigenvalue weighted by Crippen LogP contribution is -2.48. The second kappa shape index (κ2) is 6.01. The van der Waals surface area contributed by atoms with Gasteiger partial charge in [0.15, 0.2) is 0 Å². The fourth-order valence-electron chi connectivity index (χ4n) is 3.48. The Bertz CT molecular complexity index is 862. The molecule has 1 unspecified atom stereocenters. The third-order valence-corrected chi connectivity index (χ3v) is 6.96. The summed E-state index contributed by atoms with van der Waals surface area (Å²) in [5.74, 6) is 0.946. The van der Waals surface area contributed by atoms with Gasteiger partial charge in [-0.05, 0) is 50.3 Å². The van der Waals surface area contributed by atoms with Crippen LogP contribution in [-0.2, 0) is 10.0 Å². The van der Waals surface area contributed by atoms with Gasteiger partial charge in [0.25, 0.3) is 0 Å². The van der Waals surface area contributed by atoms with E-state index in [-0.39, 0.29) is 11.3 Å². The maximum absolute atomic E-state index is 12.2. The van der Waals surface area contributed by atoms with Gasteiger partial charge in [-0.2, -0.15) is 0 Å². The summed E-state index contributed by atoms with van der Waals surface area (Å²) < 4.78 is 27.3. The number of piperidine rings is 1. The minimum atomic E-state index is -3.13. The molecule has 2 fully saturated rings. The Morgan fingerprint density at radius 2 is 2.00 bits per heavy atom. The molecule has 1 aliphatic heterocycles. The summed E-state index contributed by atoms with van der Waals surface area (Å²) in [5, 5.41) is 1.01. The number of nitrogens with one attached hydrogen (secondary N) is 1. The molecule has 1 aliphatic carbocycles. The number of hydrogen-bond acceptors (Lipinski definition) is 4. The Labute approximate surface area is 143 Å². The van der Waals surface area contributed by atoms with Crippen LogP contribution in [0.4, 0.5) is 5.82 Å². The van der Waals surface area contributed by atoms with Crippen molar-refractivity contribution in [3.8, 4) is 0 Å². The smallest absolute Gasteiger partial charge is 0.214 e. The minimum Gasteiger partial charge on any atom is -0.355 e. The molecular formula is C18H23N3O2S. The Kier molecular flexibility index (Phi) is 3.96. The second-order valence-electron chi connectivity index (χ2n) is 6.96. The van der Waals surface area contributed by atoms with E-state index in [1.54, 1.807) is 0 Å². The Morgan fingerprint density at radius 3 is 2.79 bits per heavy atom. The number of anilines is 1. The molecule has 0 amide bonds. The third-order valence-electron chi connectivity index (χ3n) is 4.95. The number of nitrogens with zero attached hydrogens (tertiary/aromatic N) is 2. The van der Waals surface area contributed by atoms with Crippen LogP contribution in [0.1, 0.15) is 31.2 Å². The van der Waals surface area contributed by atoms with Crippen LogP contribution in [0, 0.1) is 6.92 Å². The van der Waals surface area contributed by atoms with E-state index >= 15 is 0 Å². The first-order valence-electron chi connectivity index (χ1n) is 8.65. The maximum atomic E-state index is 12.2. The maximum Gasteiger partial charge on any atom is 0.214 e. The number of pyridine rings is 1. The van der Waals surface area contributed by atoms with Crippen molar-refractivity contribution in [2.45, 2.75) is 43.9 Å². The monoisotopic (exact) mass is 345 g/mol. The number of para-hydroxylation sites is 1. The lowest BCUT2D eigenvalue weighted by atomic mass is 10.1. The molecule has 6 heteroatoms. The molecule has 0 radical (unpaired) electrons. The van der Waals surface area contributed by atoms with Gasteiger partial charge in [0, 0.05) is 24.5 Å². The number of rotatable bonds is 4. The lowest BCUT2D eigenvalue weighted by molar-refractivity contribution is 0.464. The fourth-order valence-corrected chi connectivity index (χ4v) is 5.09. The molecule has 1 atom stereocenters. The van der Waals surface area contributed by atoms with Crippen LogP contribution in [0.5, 0.6) is 0 Å². The molecule has 0 spiro atoms. The van der Waals surface area contributed by atoms with Crippen molar-refractivity contribution in [2.24, 2.45) is 0 Å². The predicted octanol–water partition coefficient (Wildman–Crippen LogP) is 2.59. The molecule has 24 heavy (non-hydrogen) atoms. The van der Waals surface area contributed by atoms with Gasteiger partial charge in [-0.3, -0.25) is 0 Å². The standard InChI is InChI=1S/C18H23N3O2S/c1-13-11-18(19-17-7-3-2-6-16(13)17)21-10-4-5-14(12-21)20-24(22,23)15-8-9-15/h2-3,6-7,11,14-15,20H,4-5,8-10,12H2,1H3. The van der Waals surface area contributed by atoms with Crippen molar-refractivity contribution in [1.29, 1.82) is 0 Å². The van der Waals surface area contributed by atoms with Crippen LogP contribution in [0.2, 0.25) is 0 Å². The van der Waals surface area contributed by atoms with Gasteiger partial charge in [-0.25, -0.2) is 18.1 Å². The Morgan fingerprint density at radius 1 is 1.21 bits per heavy atom. The van der Waals surface area contributed by atoms with E-state index in [9.17, 15) is 8.42 Å². The third kappa shape index (κ3) is 3.13. The SMILES string of the molecule is Cc1cc(N2CCCC(NS(=O)(=O)C3CC3)C2)nc2ccccc12. The van der Waals surface area contributed by atoms with Gasteiger partial charge in [0.1, 0.15) is 5.82 Å². The fraction of sp³-hybridized carbons (Fsp3) is 0.500. The van der Waals surface area contributed by atoms with Crippen LogP contribution in [0.25, 0.3) is 10.9 Å². The van der Waals surface area contributed by atoms with E-state index in [0.717, 1.165) is 43.6 Å². The summed E-state index contributed by atoms with van der Waals surface area (Å²) in [6.07, 6.45) is 3.48. The highest BCUT2D eigenvalue weighted by atomic mass is 32.2. The van der Waals surface area contributed by atoms with Crippen molar-refractivity contribution < 1.29 is 8.42 Å². The summed E-state index contributed by atoms with van der Waals surface area (Å²) in [5.41, 5.74) is 2.20. The van der Waals surface area contributed by atoms with Gasteiger partial charge in [-0.1, -0.05) is 18.2 Å². The van der Waals surface area contributed by atoms with Crippen LogP contribution >= 0.6 is 0 Å². The normalized spacial score (nSPS) is 22.0. The van der Waals surface area contributed by atoms with Crippen molar-refractivity contribution in [3.05, 3.63) is 35.9 Å². The molecule has 1 saturated heterocycles. The Balaban J connectivity index is 1.55.